The molecule has 3 rings (SSSR count). The quantitative estimate of drug-likeness (QED) is 0.718. The molecule has 0 saturated heterocycles. The summed E-state index contributed by atoms with van der Waals surface area (Å²) < 4.78 is 5.85. The van der Waals surface area contributed by atoms with Crippen LogP contribution in [0.5, 0.6) is 5.75 Å². The molecule has 0 bridgehead atoms. The molecule has 22 heavy (non-hydrogen) atoms. The summed E-state index contributed by atoms with van der Waals surface area (Å²) in [5, 5.41) is 7.33. The van der Waals surface area contributed by atoms with Crippen LogP contribution < -0.4 is 10.5 Å². The van der Waals surface area contributed by atoms with Crippen LogP contribution in [-0.2, 0) is 6.61 Å². The highest BCUT2D eigenvalue weighted by Crippen LogP contribution is 2.22. The minimum absolute atomic E-state index is 0.464. The van der Waals surface area contributed by atoms with E-state index in [1.807, 2.05) is 36.4 Å². The Labute approximate surface area is 129 Å². The summed E-state index contributed by atoms with van der Waals surface area (Å²) in [7, 11) is 0. The Morgan fingerprint density at radius 3 is 2.55 bits per heavy atom. The SMILES string of the molecule is Cc1ccc(OCc2cc(-c3ccc(N)cc3)n[nH]2)c(C)c1. The van der Waals surface area contributed by atoms with E-state index in [4.69, 9.17) is 10.5 Å². The molecular weight excluding hydrogens is 274 g/mol. The number of nitrogens with two attached hydrogens (primary N) is 1. The Balaban J connectivity index is 1.70. The molecule has 0 aliphatic rings. The number of hydrogen-bond donors (Lipinski definition) is 2. The standard InChI is InChI=1S/C18H19N3O/c1-12-3-8-18(13(2)9-12)22-11-16-10-17(21-20-16)14-4-6-15(19)7-5-14/h3-10H,11,19H2,1-2H3,(H,20,21). The van der Waals surface area contributed by atoms with Gasteiger partial charge in [-0.05, 0) is 43.7 Å². The lowest BCUT2D eigenvalue weighted by Gasteiger charge is -2.08. The Hall–Kier alpha value is -2.75. The summed E-state index contributed by atoms with van der Waals surface area (Å²) in [5.74, 6) is 0.897. The molecular formula is C18H19N3O. The van der Waals surface area contributed by atoms with Crippen LogP contribution in [0.15, 0.2) is 48.5 Å². The van der Waals surface area contributed by atoms with Gasteiger partial charge in [-0.15, -0.1) is 0 Å². The third-order valence-electron chi connectivity index (χ3n) is 3.55. The average Bonchev–Trinajstić information content (AvgIpc) is 2.96. The predicted octanol–water partition coefficient (Wildman–Crippen LogP) is 3.85. The number of anilines is 1. The van der Waals surface area contributed by atoms with Gasteiger partial charge >= 0.3 is 0 Å². The van der Waals surface area contributed by atoms with Crippen molar-refractivity contribution in [3.63, 3.8) is 0 Å². The molecule has 0 saturated carbocycles. The number of rotatable bonds is 4. The lowest BCUT2D eigenvalue weighted by atomic mass is 10.1. The fourth-order valence-electron chi connectivity index (χ4n) is 2.35. The highest BCUT2D eigenvalue weighted by molar-refractivity contribution is 5.61. The van der Waals surface area contributed by atoms with E-state index >= 15 is 0 Å². The smallest absolute Gasteiger partial charge is 0.130 e. The molecule has 0 unspecified atom stereocenters. The maximum atomic E-state index is 5.85. The van der Waals surface area contributed by atoms with Crippen molar-refractivity contribution in [1.29, 1.82) is 0 Å². The average molecular weight is 293 g/mol. The molecule has 2 aromatic carbocycles. The topological polar surface area (TPSA) is 63.9 Å². The van der Waals surface area contributed by atoms with Gasteiger partial charge in [0.1, 0.15) is 12.4 Å². The second kappa shape index (κ2) is 5.93. The van der Waals surface area contributed by atoms with Crippen LogP contribution in [0, 0.1) is 13.8 Å². The zero-order valence-corrected chi connectivity index (χ0v) is 12.8. The molecule has 4 heteroatoms. The van der Waals surface area contributed by atoms with Crippen molar-refractivity contribution in [3.8, 4) is 17.0 Å². The van der Waals surface area contributed by atoms with Gasteiger partial charge in [0.25, 0.3) is 0 Å². The molecule has 0 fully saturated rings. The Morgan fingerprint density at radius 1 is 1.05 bits per heavy atom. The van der Waals surface area contributed by atoms with E-state index in [9.17, 15) is 0 Å². The van der Waals surface area contributed by atoms with Crippen LogP contribution >= 0.6 is 0 Å². The molecule has 0 aliphatic carbocycles. The van der Waals surface area contributed by atoms with Crippen LogP contribution in [0.3, 0.4) is 0 Å². The number of hydrogen-bond acceptors (Lipinski definition) is 3. The Kier molecular flexibility index (Phi) is 3.83. The van der Waals surface area contributed by atoms with Crippen molar-refractivity contribution < 1.29 is 4.74 Å². The summed E-state index contributed by atoms with van der Waals surface area (Å²) in [6.45, 7) is 4.59. The normalized spacial score (nSPS) is 10.6. The molecule has 0 spiro atoms. The number of benzene rings is 2. The molecule has 0 aliphatic heterocycles. The van der Waals surface area contributed by atoms with E-state index in [0.29, 0.717) is 6.61 Å². The molecule has 1 aromatic heterocycles. The first kappa shape index (κ1) is 14.2. The molecule has 0 atom stereocenters. The van der Waals surface area contributed by atoms with Gasteiger partial charge in [-0.2, -0.15) is 5.10 Å². The molecule has 3 aromatic rings. The van der Waals surface area contributed by atoms with Crippen molar-refractivity contribution >= 4 is 5.69 Å². The minimum Gasteiger partial charge on any atom is -0.487 e. The number of aromatic nitrogens is 2. The number of H-pyrrole nitrogens is 1. The lowest BCUT2D eigenvalue weighted by Crippen LogP contribution is -1.97. The molecule has 0 radical (unpaired) electrons. The number of nitrogens with one attached hydrogen (secondary N) is 1. The Morgan fingerprint density at radius 2 is 1.82 bits per heavy atom. The van der Waals surface area contributed by atoms with Gasteiger partial charge in [0, 0.05) is 11.3 Å². The zero-order chi connectivity index (χ0) is 15.5. The van der Waals surface area contributed by atoms with Gasteiger partial charge in [0.15, 0.2) is 0 Å². The van der Waals surface area contributed by atoms with Gasteiger partial charge < -0.3 is 10.5 Å². The van der Waals surface area contributed by atoms with Gasteiger partial charge in [0.05, 0.1) is 11.4 Å². The van der Waals surface area contributed by atoms with Crippen molar-refractivity contribution in [2.45, 2.75) is 20.5 Å². The largest absolute Gasteiger partial charge is 0.487 e. The monoisotopic (exact) mass is 293 g/mol. The number of nitrogen functional groups attached to an aromatic ring is 1. The number of aryl methyl sites for hydroxylation is 2. The lowest BCUT2D eigenvalue weighted by molar-refractivity contribution is 0.299. The maximum Gasteiger partial charge on any atom is 0.130 e. The second-order valence-corrected chi connectivity index (χ2v) is 5.46. The number of ether oxygens (including phenoxy) is 1. The number of aromatic amines is 1. The summed E-state index contributed by atoms with van der Waals surface area (Å²) in [5.41, 5.74) is 11.7. The van der Waals surface area contributed by atoms with Crippen molar-refractivity contribution in [2.24, 2.45) is 0 Å². The van der Waals surface area contributed by atoms with Crippen LogP contribution in [0.25, 0.3) is 11.3 Å². The Bertz CT molecular complexity index is 775. The summed E-state index contributed by atoms with van der Waals surface area (Å²) in [4.78, 5) is 0. The van der Waals surface area contributed by atoms with Crippen LogP contribution in [0.2, 0.25) is 0 Å². The minimum atomic E-state index is 0.464. The van der Waals surface area contributed by atoms with E-state index in [1.165, 1.54) is 5.56 Å². The maximum absolute atomic E-state index is 5.85. The third kappa shape index (κ3) is 3.11. The first-order chi connectivity index (χ1) is 10.6. The van der Waals surface area contributed by atoms with E-state index in [2.05, 4.69) is 36.2 Å². The molecule has 1 heterocycles. The number of nitrogens with zero attached hydrogens (tertiary/aromatic N) is 1. The third-order valence-corrected chi connectivity index (χ3v) is 3.55. The van der Waals surface area contributed by atoms with Gasteiger partial charge in [-0.1, -0.05) is 29.8 Å². The van der Waals surface area contributed by atoms with Crippen molar-refractivity contribution in [2.75, 3.05) is 5.73 Å². The second-order valence-electron chi connectivity index (χ2n) is 5.46. The highest BCUT2D eigenvalue weighted by Gasteiger charge is 2.06. The summed E-state index contributed by atoms with van der Waals surface area (Å²) in [6.07, 6.45) is 0. The fourth-order valence-corrected chi connectivity index (χ4v) is 2.35. The van der Waals surface area contributed by atoms with Gasteiger partial charge in [-0.25, -0.2) is 0 Å². The summed E-state index contributed by atoms with van der Waals surface area (Å²) in [6, 6.07) is 15.8. The first-order valence-corrected chi connectivity index (χ1v) is 7.22. The molecule has 112 valence electrons. The zero-order valence-electron chi connectivity index (χ0n) is 12.8. The van der Waals surface area contributed by atoms with Crippen molar-refractivity contribution in [1.82, 2.24) is 10.2 Å². The van der Waals surface area contributed by atoms with Crippen molar-refractivity contribution in [3.05, 3.63) is 65.4 Å². The highest BCUT2D eigenvalue weighted by atomic mass is 16.5. The summed E-state index contributed by atoms with van der Waals surface area (Å²) >= 11 is 0. The molecule has 0 amide bonds. The first-order valence-electron chi connectivity index (χ1n) is 7.22. The molecule has 3 N–H and O–H groups in total. The van der Waals surface area contributed by atoms with E-state index in [1.54, 1.807) is 0 Å². The fraction of sp³-hybridized carbons (Fsp3) is 0.167. The predicted molar refractivity (Wildman–Crippen MR) is 88.7 cm³/mol. The van der Waals surface area contributed by atoms with Crippen LogP contribution in [-0.4, -0.2) is 10.2 Å². The van der Waals surface area contributed by atoms with E-state index in [-0.39, 0.29) is 0 Å². The van der Waals surface area contributed by atoms with E-state index < -0.39 is 0 Å². The molecule has 4 nitrogen and oxygen atoms in total. The van der Waals surface area contributed by atoms with Gasteiger partial charge in [-0.3, -0.25) is 5.10 Å². The van der Waals surface area contributed by atoms with E-state index in [0.717, 1.165) is 34.0 Å². The van der Waals surface area contributed by atoms with Crippen LogP contribution in [0.1, 0.15) is 16.8 Å². The van der Waals surface area contributed by atoms with Crippen LogP contribution in [0.4, 0.5) is 5.69 Å². The van der Waals surface area contributed by atoms with Gasteiger partial charge in [0.2, 0.25) is 0 Å².